The Kier molecular flexibility index (Phi) is 5.64. The second kappa shape index (κ2) is 8.50. The summed E-state index contributed by atoms with van der Waals surface area (Å²) >= 11 is 12.1. The Hall–Kier alpha value is -3.10. The summed E-state index contributed by atoms with van der Waals surface area (Å²) in [6, 6.07) is 12.4. The van der Waals surface area contributed by atoms with Crippen molar-refractivity contribution in [2.24, 2.45) is 0 Å². The first kappa shape index (κ1) is 19.2. The Labute approximate surface area is 176 Å². The van der Waals surface area contributed by atoms with Gasteiger partial charge in [0.1, 0.15) is 11.5 Å². The lowest BCUT2D eigenvalue weighted by Gasteiger charge is -2.09. The highest BCUT2D eigenvalue weighted by molar-refractivity contribution is 6.37. The van der Waals surface area contributed by atoms with E-state index in [2.05, 4.69) is 20.6 Å². The number of halogens is 2. The van der Waals surface area contributed by atoms with Crippen LogP contribution in [0.1, 0.15) is 16.3 Å². The number of benzene rings is 1. The zero-order valence-electron chi connectivity index (χ0n) is 15.1. The quantitative estimate of drug-likeness (QED) is 0.486. The SMILES string of the molecule is O=C(NCCc1nnc2ccccn12)c1ccn(COc2c(Cl)cccc2Cl)n1. The van der Waals surface area contributed by atoms with Crippen LogP contribution in [0.25, 0.3) is 5.65 Å². The van der Waals surface area contributed by atoms with Gasteiger partial charge in [-0.15, -0.1) is 10.2 Å². The van der Waals surface area contributed by atoms with Gasteiger partial charge in [-0.05, 0) is 30.3 Å². The van der Waals surface area contributed by atoms with Crippen molar-refractivity contribution in [3.8, 4) is 5.75 Å². The fraction of sp³-hybridized carbons (Fsp3) is 0.158. The van der Waals surface area contributed by atoms with E-state index in [0.717, 1.165) is 11.5 Å². The first-order valence-electron chi connectivity index (χ1n) is 8.79. The van der Waals surface area contributed by atoms with Gasteiger partial charge in [0.2, 0.25) is 0 Å². The maximum absolute atomic E-state index is 12.3. The molecule has 3 heterocycles. The minimum absolute atomic E-state index is 0.0719. The number of nitrogens with one attached hydrogen (secondary N) is 1. The van der Waals surface area contributed by atoms with Crippen LogP contribution in [-0.2, 0) is 13.2 Å². The number of nitrogens with zero attached hydrogens (tertiary/aromatic N) is 5. The average molecular weight is 431 g/mol. The highest BCUT2D eigenvalue weighted by Gasteiger charge is 2.12. The monoisotopic (exact) mass is 430 g/mol. The van der Waals surface area contributed by atoms with Gasteiger partial charge in [0.15, 0.2) is 18.1 Å². The van der Waals surface area contributed by atoms with Crippen LogP contribution in [0.4, 0.5) is 0 Å². The van der Waals surface area contributed by atoms with E-state index in [0.29, 0.717) is 28.8 Å². The van der Waals surface area contributed by atoms with Gasteiger partial charge >= 0.3 is 0 Å². The largest absolute Gasteiger partial charge is 0.468 e. The standard InChI is InChI=1S/C19H16Cl2N6O2/c20-13-4-3-5-14(21)18(13)29-12-26-11-8-15(25-26)19(28)22-9-7-17-24-23-16-6-1-2-10-27(16)17/h1-6,8,10-11H,7,9,12H2,(H,22,28). The van der Waals surface area contributed by atoms with E-state index in [1.54, 1.807) is 30.5 Å². The van der Waals surface area contributed by atoms with Gasteiger partial charge < -0.3 is 10.1 Å². The third kappa shape index (κ3) is 4.33. The number of pyridine rings is 1. The first-order chi connectivity index (χ1) is 14.1. The van der Waals surface area contributed by atoms with Crippen molar-refractivity contribution >= 4 is 34.8 Å². The fourth-order valence-corrected chi connectivity index (χ4v) is 3.25. The predicted molar refractivity (Wildman–Crippen MR) is 108 cm³/mol. The molecule has 0 aliphatic rings. The molecule has 8 nitrogen and oxygen atoms in total. The van der Waals surface area contributed by atoms with Crippen molar-refractivity contribution < 1.29 is 9.53 Å². The molecule has 0 aliphatic carbocycles. The molecule has 1 N–H and O–H groups in total. The topological polar surface area (TPSA) is 86.3 Å². The molecule has 0 radical (unpaired) electrons. The molecule has 0 bridgehead atoms. The molecule has 4 aromatic rings. The van der Waals surface area contributed by atoms with Crippen LogP contribution in [0.15, 0.2) is 54.9 Å². The van der Waals surface area contributed by atoms with Crippen molar-refractivity contribution in [3.05, 3.63) is 76.4 Å². The number of hydrogen-bond acceptors (Lipinski definition) is 5. The number of amides is 1. The van der Waals surface area contributed by atoms with Crippen LogP contribution in [0.5, 0.6) is 5.75 Å². The van der Waals surface area contributed by atoms with Crippen LogP contribution in [0, 0.1) is 0 Å². The normalized spacial score (nSPS) is 11.0. The van der Waals surface area contributed by atoms with Crippen molar-refractivity contribution in [3.63, 3.8) is 0 Å². The molecule has 0 spiro atoms. The summed E-state index contributed by atoms with van der Waals surface area (Å²) in [5, 5.41) is 16.1. The Bertz CT molecular complexity index is 1140. The van der Waals surface area contributed by atoms with E-state index in [-0.39, 0.29) is 18.3 Å². The Morgan fingerprint density at radius 2 is 1.86 bits per heavy atom. The van der Waals surface area contributed by atoms with Gasteiger partial charge in [0.25, 0.3) is 5.91 Å². The summed E-state index contributed by atoms with van der Waals surface area (Å²) < 4.78 is 8.98. The van der Waals surface area contributed by atoms with Gasteiger partial charge in [-0.1, -0.05) is 35.3 Å². The van der Waals surface area contributed by atoms with Crippen LogP contribution in [0.2, 0.25) is 10.0 Å². The molecule has 10 heteroatoms. The molecular formula is C19H16Cl2N6O2. The van der Waals surface area contributed by atoms with Gasteiger partial charge in [-0.3, -0.25) is 9.20 Å². The van der Waals surface area contributed by atoms with Crippen molar-refractivity contribution in [2.75, 3.05) is 6.54 Å². The number of aromatic nitrogens is 5. The third-order valence-corrected chi connectivity index (χ3v) is 4.75. The molecule has 0 fully saturated rings. The molecule has 148 valence electrons. The highest BCUT2D eigenvalue weighted by Crippen LogP contribution is 2.32. The minimum Gasteiger partial charge on any atom is -0.468 e. The number of carbonyl (C=O) groups is 1. The summed E-state index contributed by atoms with van der Waals surface area (Å²) in [7, 11) is 0. The van der Waals surface area contributed by atoms with Gasteiger partial charge in [-0.25, -0.2) is 4.68 Å². The number of carbonyl (C=O) groups excluding carboxylic acids is 1. The molecule has 0 aliphatic heterocycles. The zero-order valence-corrected chi connectivity index (χ0v) is 16.6. The summed E-state index contributed by atoms with van der Waals surface area (Å²) in [6.07, 6.45) is 4.08. The number of ether oxygens (including phenoxy) is 1. The lowest BCUT2D eigenvalue weighted by Crippen LogP contribution is -2.26. The van der Waals surface area contributed by atoms with E-state index < -0.39 is 0 Å². The molecule has 29 heavy (non-hydrogen) atoms. The van der Waals surface area contributed by atoms with Crippen LogP contribution < -0.4 is 10.1 Å². The molecular weight excluding hydrogens is 415 g/mol. The molecule has 4 rings (SSSR count). The van der Waals surface area contributed by atoms with Crippen LogP contribution in [0.3, 0.4) is 0 Å². The fourth-order valence-electron chi connectivity index (χ4n) is 2.75. The number of rotatable bonds is 7. The Morgan fingerprint density at radius 1 is 1.03 bits per heavy atom. The second-order valence-corrected chi connectivity index (χ2v) is 6.93. The minimum atomic E-state index is -0.284. The molecule has 0 unspecified atom stereocenters. The number of para-hydroxylation sites is 1. The first-order valence-corrected chi connectivity index (χ1v) is 9.54. The van der Waals surface area contributed by atoms with Crippen LogP contribution in [-0.4, -0.2) is 36.8 Å². The molecule has 0 saturated carbocycles. The van der Waals surface area contributed by atoms with E-state index in [1.807, 2.05) is 28.8 Å². The molecule has 0 atom stereocenters. The molecule has 1 amide bonds. The molecule has 0 saturated heterocycles. The Morgan fingerprint density at radius 3 is 2.69 bits per heavy atom. The summed E-state index contributed by atoms with van der Waals surface area (Å²) in [5.74, 6) is 0.864. The lowest BCUT2D eigenvalue weighted by molar-refractivity contribution is 0.0947. The second-order valence-electron chi connectivity index (χ2n) is 6.12. The summed E-state index contributed by atoms with van der Waals surface area (Å²) in [5.41, 5.74) is 1.05. The maximum atomic E-state index is 12.3. The van der Waals surface area contributed by atoms with Gasteiger partial charge in [-0.2, -0.15) is 5.10 Å². The van der Waals surface area contributed by atoms with Gasteiger partial charge in [0.05, 0.1) is 10.0 Å². The average Bonchev–Trinajstić information content (AvgIpc) is 3.35. The van der Waals surface area contributed by atoms with Crippen molar-refractivity contribution in [1.82, 2.24) is 29.7 Å². The van der Waals surface area contributed by atoms with E-state index in [4.69, 9.17) is 27.9 Å². The van der Waals surface area contributed by atoms with Gasteiger partial charge in [0, 0.05) is 25.4 Å². The summed E-state index contributed by atoms with van der Waals surface area (Å²) in [4.78, 5) is 12.3. The van der Waals surface area contributed by atoms with E-state index >= 15 is 0 Å². The maximum Gasteiger partial charge on any atom is 0.271 e. The smallest absolute Gasteiger partial charge is 0.271 e. The highest BCUT2D eigenvalue weighted by atomic mass is 35.5. The van der Waals surface area contributed by atoms with E-state index in [1.165, 1.54) is 4.68 Å². The number of hydrogen-bond donors (Lipinski definition) is 1. The predicted octanol–water partition coefficient (Wildman–Crippen LogP) is 3.24. The van der Waals surface area contributed by atoms with Crippen LogP contribution >= 0.6 is 23.2 Å². The lowest BCUT2D eigenvalue weighted by atomic mass is 10.3. The molecule has 3 aromatic heterocycles. The number of fused-ring (bicyclic) bond motifs is 1. The summed E-state index contributed by atoms with van der Waals surface area (Å²) in [6.45, 7) is 0.482. The van der Waals surface area contributed by atoms with Crippen molar-refractivity contribution in [2.45, 2.75) is 13.2 Å². The third-order valence-electron chi connectivity index (χ3n) is 4.15. The zero-order chi connectivity index (χ0) is 20.2. The Balaban J connectivity index is 1.31. The van der Waals surface area contributed by atoms with E-state index in [9.17, 15) is 4.79 Å². The van der Waals surface area contributed by atoms with Crippen molar-refractivity contribution in [1.29, 1.82) is 0 Å². The molecule has 1 aromatic carbocycles.